The first-order chi connectivity index (χ1) is 17.2. The van der Waals surface area contributed by atoms with Crippen LogP contribution in [0.15, 0.2) is 70.9 Å². The number of methoxy groups -OCH3 is 1. The van der Waals surface area contributed by atoms with Crippen LogP contribution in [0.4, 0.5) is 34.1 Å². The van der Waals surface area contributed by atoms with Gasteiger partial charge in [0.05, 0.1) is 34.4 Å². The van der Waals surface area contributed by atoms with Crippen LogP contribution in [0.25, 0.3) is 0 Å². The molecule has 0 radical (unpaired) electrons. The van der Waals surface area contributed by atoms with E-state index < -0.39 is 21.2 Å². The Morgan fingerprint density at radius 2 is 1.69 bits per heavy atom. The summed E-state index contributed by atoms with van der Waals surface area (Å²) in [6.07, 6.45) is 0. The van der Waals surface area contributed by atoms with Gasteiger partial charge in [-0.3, -0.25) is 25.0 Å². The third-order valence-electron chi connectivity index (χ3n) is 5.18. The van der Waals surface area contributed by atoms with Crippen molar-refractivity contribution in [2.75, 3.05) is 23.9 Å². The molecule has 0 bridgehead atoms. The molecule has 0 aromatic heterocycles. The zero-order valence-electron chi connectivity index (χ0n) is 19.9. The quantitative estimate of drug-likeness (QED) is 0.210. The number of ether oxygens (including phenoxy) is 1. The van der Waals surface area contributed by atoms with E-state index in [4.69, 9.17) is 4.74 Å². The molecule has 0 fully saturated rings. The highest BCUT2D eigenvalue weighted by Crippen LogP contribution is 2.41. The van der Waals surface area contributed by atoms with Crippen LogP contribution in [0.1, 0.15) is 19.4 Å². The van der Waals surface area contributed by atoms with Crippen LogP contribution in [0.5, 0.6) is 5.75 Å². The predicted molar refractivity (Wildman–Crippen MR) is 134 cm³/mol. The molecule has 0 unspecified atom stereocenters. The molecule has 12 nitrogen and oxygen atoms in total. The van der Waals surface area contributed by atoms with Gasteiger partial charge in [-0.25, -0.2) is 0 Å². The Kier molecular flexibility index (Phi) is 8.23. The number of nitro groups is 2. The van der Waals surface area contributed by atoms with Crippen LogP contribution in [0.2, 0.25) is 0 Å². The highest BCUT2D eigenvalue weighted by Gasteiger charge is 2.21. The topological polar surface area (TPSA) is 153 Å². The van der Waals surface area contributed by atoms with Gasteiger partial charge >= 0.3 is 5.69 Å². The molecule has 0 aliphatic carbocycles. The fraction of sp³-hybridized carbons (Fsp3) is 0.208. The van der Waals surface area contributed by atoms with Gasteiger partial charge in [0.15, 0.2) is 5.69 Å². The summed E-state index contributed by atoms with van der Waals surface area (Å²) >= 11 is 0. The summed E-state index contributed by atoms with van der Waals surface area (Å²) in [5, 5.41) is 33.2. The van der Waals surface area contributed by atoms with E-state index in [2.05, 4.69) is 20.4 Å². The number of nitrogens with one attached hydrogen (secondary N) is 1. The molecule has 0 atom stereocenters. The third kappa shape index (κ3) is 6.17. The fourth-order valence-corrected chi connectivity index (χ4v) is 3.48. The Hall–Kier alpha value is -4.87. The Balaban J connectivity index is 2.06. The number of anilines is 2. The van der Waals surface area contributed by atoms with Gasteiger partial charge in [0.1, 0.15) is 11.4 Å². The number of hydrogen-bond acceptors (Lipinski definition) is 9. The second-order valence-electron chi connectivity index (χ2n) is 7.61. The summed E-state index contributed by atoms with van der Waals surface area (Å²) in [7, 11) is 1.50. The second kappa shape index (κ2) is 11.5. The van der Waals surface area contributed by atoms with Gasteiger partial charge in [-0.05, 0) is 24.6 Å². The number of hydrogen-bond donors (Lipinski definition) is 1. The lowest BCUT2D eigenvalue weighted by molar-refractivity contribution is -0.393. The van der Waals surface area contributed by atoms with Gasteiger partial charge in [-0.2, -0.15) is 0 Å². The SMILES string of the molecule is CCN(Cc1ccccc1)c1cc(NC(C)=O)c(N=Nc2ccc([N+](=O)[O-])cc2[N+](=O)[O-])cc1OC. The number of non-ortho nitro benzene ring substituents is 1. The molecule has 0 saturated carbocycles. The average Bonchev–Trinajstić information content (AvgIpc) is 2.86. The Labute approximate surface area is 206 Å². The molecule has 0 aliphatic heterocycles. The van der Waals surface area contributed by atoms with Gasteiger partial charge in [-0.15, -0.1) is 10.2 Å². The van der Waals surface area contributed by atoms with E-state index in [0.717, 1.165) is 23.8 Å². The van der Waals surface area contributed by atoms with E-state index in [9.17, 15) is 25.0 Å². The number of carbonyl (C=O) groups is 1. The first-order valence-corrected chi connectivity index (χ1v) is 10.9. The van der Waals surface area contributed by atoms with Crippen LogP contribution < -0.4 is 15.0 Å². The van der Waals surface area contributed by atoms with Crippen molar-refractivity contribution in [3.63, 3.8) is 0 Å². The highest BCUT2D eigenvalue weighted by atomic mass is 16.6. The fourth-order valence-electron chi connectivity index (χ4n) is 3.48. The predicted octanol–water partition coefficient (Wildman–Crippen LogP) is 5.91. The van der Waals surface area contributed by atoms with Crippen LogP contribution in [-0.2, 0) is 11.3 Å². The van der Waals surface area contributed by atoms with Gasteiger partial charge < -0.3 is 15.0 Å². The molecule has 0 spiro atoms. The van der Waals surface area contributed by atoms with Crippen molar-refractivity contribution >= 4 is 40.0 Å². The molecule has 3 rings (SSSR count). The van der Waals surface area contributed by atoms with E-state index in [1.807, 2.05) is 37.3 Å². The minimum atomic E-state index is -0.775. The van der Waals surface area contributed by atoms with Crippen LogP contribution >= 0.6 is 0 Å². The Bertz CT molecular complexity index is 1310. The number of carbonyl (C=O) groups excluding carboxylic acids is 1. The minimum Gasteiger partial charge on any atom is -0.494 e. The molecule has 1 N–H and O–H groups in total. The summed E-state index contributed by atoms with van der Waals surface area (Å²) in [6, 6.07) is 16.2. The van der Waals surface area contributed by atoms with Crippen molar-refractivity contribution in [1.82, 2.24) is 0 Å². The molecule has 12 heteroatoms. The smallest absolute Gasteiger partial charge is 0.303 e. The summed E-state index contributed by atoms with van der Waals surface area (Å²) < 4.78 is 5.58. The lowest BCUT2D eigenvalue weighted by Crippen LogP contribution is -2.23. The van der Waals surface area contributed by atoms with Crippen molar-refractivity contribution in [3.8, 4) is 5.75 Å². The third-order valence-corrected chi connectivity index (χ3v) is 5.18. The van der Waals surface area contributed by atoms with E-state index >= 15 is 0 Å². The molecule has 186 valence electrons. The lowest BCUT2D eigenvalue weighted by atomic mass is 10.1. The largest absolute Gasteiger partial charge is 0.494 e. The minimum absolute atomic E-state index is 0.179. The van der Waals surface area contributed by atoms with Gasteiger partial charge in [0, 0.05) is 32.1 Å². The number of benzene rings is 3. The number of nitro benzene ring substituents is 2. The number of nitrogens with zero attached hydrogens (tertiary/aromatic N) is 5. The van der Waals surface area contributed by atoms with Gasteiger partial charge in [0.25, 0.3) is 5.69 Å². The van der Waals surface area contributed by atoms with E-state index in [0.29, 0.717) is 30.2 Å². The average molecular weight is 492 g/mol. The maximum absolute atomic E-state index is 11.9. The van der Waals surface area contributed by atoms with E-state index in [-0.39, 0.29) is 17.3 Å². The standard InChI is InChI=1S/C24H24N6O6/c1-4-28(15-17-8-6-5-7-9-17)23-13-20(25-16(2)31)21(14-24(23)36-3)27-26-19-11-10-18(29(32)33)12-22(19)30(34)35/h5-14H,4,15H2,1-3H3,(H,25,31). The zero-order valence-corrected chi connectivity index (χ0v) is 19.9. The first-order valence-electron chi connectivity index (χ1n) is 10.9. The number of amides is 1. The summed E-state index contributed by atoms with van der Waals surface area (Å²) in [4.78, 5) is 34.9. The highest BCUT2D eigenvalue weighted by molar-refractivity contribution is 5.93. The van der Waals surface area contributed by atoms with Crippen LogP contribution in [-0.4, -0.2) is 29.4 Å². The molecule has 3 aromatic rings. The number of rotatable bonds is 10. The molecule has 0 heterocycles. The maximum atomic E-state index is 11.9. The summed E-state index contributed by atoms with van der Waals surface area (Å²) in [6.45, 7) is 4.55. The molecule has 0 saturated heterocycles. The number of azo groups is 1. The molecule has 0 aliphatic rings. The molecule has 1 amide bonds. The van der Waals surface area contributed by atoms with Crippen molar-refractivity contribution in [2.45, 2.75) is 20.4 Å². The van der Waals surface area contributed by atoms with E-state index in [1.165, 1.54) is 14.0 Å². The molecular formula is C24H24N6O6. The van der Waals surface area contributed by atoms with Crippen LogP contribution in [0.3, 0.4) is 0 Å². The van der Waals surface area contributed by atoms with Gasteiger partial charge in [-0.1, -0.05) is 30.3 Å². The summed E-state index contributed by atoms with van der Waals surface area (Å²) in [5.74, 6) is 0.101. The van der Waals surface area contributed by atoms with Crippen molar-refractivity contribution in [2.24, 2.45) is 10.2 Å². The first kappa shape index (κ1) is 25.7. The zero-order chi connectivity index (χ0) is 26.2. The maximum Gasteiger partial charge on any atom is 0.303 e. The van der Waals surface area contributed by atoms with Crippen molar-refractivity contribution in [1.29, 1.82) is 0 Å². The summed E-state index contributed by atoms with van der Waals surface area (Å²) in [5.41, 5.74) is 1.10. The van der Waals surface area contributed by atoms with Gasteiger partial charge in [0.2, 0.25) is 5.91 Å². The second-order valence-corrected chi connectivity index (χ2v) is 7.61. The lowest BCUT2D eigenvalue weighted by Gasteiger charge is -2.26. The van der Waals surface area contributed by atoms with Crippen LogP contribution in [0, 0.1) is 20.2 Å². The van der Waals surface area contributed by atoms with Crippen molar-refractivity contribution < 1.29 is 19.4 Å². The molecule has 3 aromatic carbocycles. The molecule has 36 heavy (non-hydrogen) atoms. The normalized spacial score (nSPS) is 10.8. The Morgan fingerprint density at radius 1 is 1.00 bits per heavy atom. The van der Waals surface area contributed by atoms with Crippen molar-refractivity contribution in [3.05, 3.63) is 86.5 Å². The molecular weight excluding hydrogens is 468 g/mol. The monoisotopic (exact) mass is 492 g/mol. The Morgan fingerprint density at radius 3 is 2.28 bits per heavy atom. The van der Waals surface area contributed by atoms with E-state index in [1.54, 1.807) is 12.1 Å².